The molecule has 0 spiro atoms. The highest BCUT2D eigenvalue weighted by Crippen LogP contribution is 2.37. The Bertz CT molecular complexity index is 1540. The van der Waals surface area contributed by atoms with E-state index in [1.54, 1.807) is 29.2 Å². The van der Waals surface area contributed by atoms with Gasteiger partial charge < -0.3 is 19.1 Å². The summed E-state index contributed by atoms with van der Waals surface area (Å²) in [5.74, 6) is 0.418. The van der Waals surface area contributed by atoms with Gasteiger partial charge in [0.05, 0.1) is 31.3 Å². The lowest BCUT2D eigenvalue weighted by atomic mass is 9.98. The van der Waals surface area contributed by atoms with E-state index in [9.17, 15) is 9.59 Å². The van der Waals surface area contributed by atoms with Crippen molar-refractivity contribution in [3.8, 4) is 5.75 Å². The maximum Gasteiger partial charge on any atom is 0.419 e. The molecule has 0 saturated carbocycles. The van der Waals surface area contributed by atoms with Crippen molar-refractivity contribution in [1.82, 2.24) is 14.5 Å². The number of piperazine rings is 1. The molecular weight excluding hydrogens is 540 g/mol. The Morgan fingerprint density at radius 3 is 2.49 bits per heavy atom. The number of thiazole rings is 1. The largest absolute Gasteiger partial charge is 0.496 e. The fraction of sp³-hybridized carbons (Fsp3) is 0.387. The first-order valence-corrected chi connectivity index (χ1v) is 14.4. The second-order valence-electron chi connectivity index (χ2n) is 11.2. The number of ether oxygens (including phenoxy) is 3. The van der Waals surface area contributed by atoms with Gasteiger partial charge in [0.25, 0.3) is 0 Å². The van der Waals surface area contributed by atoms with E-state index in [-0.39, 0.29) is 12.0 Å². The molecule has 10 heteroatoms. The average Bonchev–Trinajstić information content (AvgIpc) is 3.65. The van der Waals surface area contributed by atoms with Gasteiger partial charge in [0.1, 0.15) is 11.4 Å². The molecule has 0 bridgehead atoms. The molecule has 0 N–H and O–H groups in total. The minimum atomic E-state index is -0.607. The quantitative estimate of drug-likeness (QED) is 0.257. The molecule has 1 aliphatic heterocycles. The molecule has 5 rings (SSSR count). The highest BCUT2D eigenvalue weighted by atomic mass is 32.1. The second kappa shape index (κ2) is 11.5. The van der Waals surface area contributed by atoms with Crippen molar-refractivity contribution in [2.24, 2.45) is 0 Å². The number of aryl methyl sites for hydroxylation is 1. The molecule has 0 radical (unpaired) electrons. The number of carbonyl (C=O) groups excluding carboxylic acids is 2. The number of fused-ring (bicyclic) bond motifs is 1. The summed E-state index contributed by atoms with van der Waals surface area (Å²) in [6.45, 7) is 10.5. The summed E-state index contributed by atoms with van der Waals surface area (Å²) in [7, 11) is 3.06. The standard InChI is InChI=1S/C31H36N4O5S/c1-20-17-26(38-5)24(23-11-13-35(27(20)23)30(37)40-31(2,3)4)18-33-14-15-34(29-32-12-16-41-29)19-25(33)21-7-9-22(10-8-21)28(36)39-6/h7-13,16-17,25H,14-15,18-19H2,1-6H3/t25-/m0/s1. The van der Waals surface area contributed by atoms with Gasteiger partial charge in [-0.15, -0.1) is 11.3 Å². The van der Waals surface area contributed by atoms with Crippen molar-refractivity contribution in [2.75, 3.05) is 38.8 Å². The van der Waals surface area contributed by atoms with E-state index in [4.69, 9.17) is 14.2 Å². The summed E-state index contributed by atoms with van der Waals surface area (Å²) in [4.78, 5) is 34.4. The number of benzene rings is 2. The zero-order valence-corrected chi connectivity index (χ0v) is 25.2. The van der Waals surface area contributed by atoms with Gasteiger partial charge in [-0.25, -0.2) is 14.6 Å². The highest BCUT2D eigenvalue weighted by Gasteiger charge is 2.31. The van der Waals surface area contributed by atoms with E-state index in [2.05, 4.69) is 14.8 Å². The van der Waals surface area contributed by atoms with Crippen LogP contribution in [0.1, 0.15) is 53.9 Å². The lowest BCUT2D eigenvalue weighted by Gasteiger charge is -2.42. The smallest absolute Gasteiger partial charge is 0.419 e. The summed E-state index contributed by atoms with van der Waals surface area (Å²) in [5, 5.41) is 3.94. The molecule has 0 unspecified atom stereocenters. The Labute approximate surface area is 244 Å². The minimum absolute atomic E-state index is 0.0216. The van der Waals surface area contributed by atoms with Gasteiger partial charge in [-0.1, -0.05) is 12.1 Å². The Balaban J connectivity index is 1.53. The Hall–Kier alpha value is -3.89. The van der Waals surface area contributed by atoms with Crippen molar-refractivity contribution in [1.29, 1.82) is 0 Å². The van der Waals surface area contributed by atoms with Crippen LogP contribution >= 0.6 is 11.3 Å². The normalized spacial score (nSPS) is 16.1. The van der Waals surface area contributed by atoms with Crippen LogP contribution in [0.5, 0.6) is 5.75 Å². The molecule has 4 aromatic rings. The number of methoxy groups -OCH3 is 2. The maximum atomic E-state index is 13.1. The zero-order valence-electron chi connectivity index (χ0n) is 24.3. The van der Waals surface area contributed by atoms with Crippen LogP contribution in [0.25, 0.3) is 10.9 Å². The van der Waals surface area contributed by atoms with Crippen molar-refractivity contribution >= 4 is 39.4 Å². The number of esters is 1. The monoisotopic (exact) mass is 576 g/mol. The summed E-state index contributed by atoms with van der Waals surface area (Å²) in [6, 6.07) is 11.6. The molecule has 216 valence electrons. The molecule has 1 aliphatic rings. The fourth-order valence-electron chi connectivity index (χ4n) is 5.41. The van der Waals surface area contributed by atoms with Crippen LogP contribution in [0.2, 0.25) is 0 Å². The number of anilines is 1. The molecule has 3 heterocycles. The fourth-order valence-corrected chi connectivity index (χ4v) is 6.09. The van der Waals surface area contributed by atoms with E-state index < -0.39 is 11.7 Å². The molecule has 1 atom stereocenters. The topological polar surface area (TPSA) is 86.1 Å². The van der Waals surface area contributed by atoms with Gasteiger partial charge in [-0.3, -0.25) is 9.47 Å². The lowest BCUT2D eigenvalue weighted by molar-refractivity contribution is 0.0542. The number of nitrogens with zero attached hydrogens (tertiary/aromatic N) is 4. The van der Waals surface area contributed by atoms with E-state index in [1.165, 1.54) is 7.11 Å². The number of aromatic nitrogens is 2. The molecule has 2 aromatic carbocycles. The van der Waals surface area contributed by atoms with E-state index >= 15 is 0 Å². The van der Waals surface area contributed by atoms with Gasteiger partial charge in [0.2, 0.25) is 0 Å². The molecule has 2 aromatic heterocycles. The third-order valence-electron chi connectivity index (χ3n) is 7.30. The average molecular weight is 577 g/mol. The highest BCUT2D eigenvalue weighted by molar-refractivity contribution is 7.13. The summed E-state index contributed by atoms with van der Waals surface area (Å²) in [5.41, 5.74) is 3.75. The summed E-state index contributed by atoms with van der Waals surface area (Å²) < 4.78 is 18.0. The third kappa shape index (κ3) is 5.94. The van der Waals surface area contributed by atoms with E-state index in [0.717, 1.165) is 58.1 Å². The second-order valence-corrected chi connectivity index (χ2v) is 12.0. The van der Waals surface area contributed by atoms with Crippen LogP contribution in [0.3, 0.4) is 0 Å². The lowest BCUT2D eigenvalue weighted by Crippen LogP contribution is -2.48. The molecule has 0 aliphatic carbocycles. The van der Waals surface area contributed by atoms with Crippen molar-refractivity contribution < 1.29 is 23.8 Å². The molecule has 1 fully saturated rings. The van der Waals surface area contributed by atoms with Crippen LogP contribution in [0.4, 0.5) is 9.93 Å². The van der Waals surface area contributed by atoms with Gasteiger partial charge in [0.15, 0.2) is 5.13 Å². The summed E-state index contributed by atoms with van der Waals surface area (Å²) >= 11 is 1.63. The van der Waals surface area contributed by atoms with Crippen molar-refractivity contribution in [3.63, 3.8) is 0 Å². The predicted molar refractivity (Wildman–Crippen MR) is 160 cm³/mol. The van der Waals surface area contributed by atoms with Crippen LogP contribution < -0.4 is 9.64 Å². The first-order valence-electron chi connectivity index (χ1n) is 13.6. The van der Waals surface area contributed by atoms with Crippen molar-refractivity contribution in [3.05, 3.63) is 76.4 Å². The van der Waals surface area contributed by atoms with E-state index in [0.29, 0.717) is 12.1 Å². The van der Waals surface area contributed by atoms with Crippen molar-refractivity contribution in [2.45, 2.75) is 45.9 Å². The first kappa shape index (κ1) is 28.6. The predicted octanol–water partition coefficient (Wildman–Crippen LogP) is 6.05. The number of hydrogen-bond acceptors (Lipinski definition) is 9. The summed E-state index contributed by atoms with van der Waals surface area (Å²) in [6.07, 6.45) is 3.20. The van der Waals surface area contributed by atoms with Gasteiger partial charge in [-0.05, 0) is 63.1 Å². The zero-order chi connectivity index (χ0) is 29.3. The van der Waals surface area contributed by atoms with Crippen LogP contribution in [0.15, 0.2) is 54.2 Å². The number of hydrogen-bond donors (Lipinski definition) is 0. The van der Waals surface area contributed by atoms with Crippen LogP contribution in [-0.2, 0) is 16.0 Å². The SMILES string of the molecule is COC(=O)c1ccc([C@@H]2CN(c3nccs3)CCN2Cc2c(OC)cc(C)c3c2ccn3C(=O)OC(C)(C)C)cc1. The Morgan fingerprint density at radius 1 is 1.10 bits per heavy atom. The first-order chi connectivity index (χ1) is 19.6. The van der Waals surface area contributed by atoms with Crippen LogP contribution in [-0.4, -0.2) is 66.0 Å². The molecular formula is C31H36N4O5S. The Kier molecular flexibility index (Phi) is 8.06. The number of carbonyl (C=O) groups is 2. The molecule has 9 nitrogen and oxygen atoms in total. The van der Waals surface area contributed by atoms with Gasteiger partial charge in [0, 0.05) is 54.9 Å². The van der Waals surface area contributed by atoms with Crippen LogP contribution in [0, 0.1) is 6.92 Å². The molecule has 1 saturated heterocycles. The van der Waals surface area contributed by atoms with Gasteiger partial charge in [-0.2, -0.15) is 0 Å². The third-order valence-corrected chi connectivity index (χ3v) is 8.13. The Morgan fingerprint density at radius 2 is 1.85 bits per heavy atom. The van der Waals surface area contributed by atoms with Gasteiger partial charge >= 0.3 is 12.1 Å². The molecule has 41 heavy (non-hydrogen) atoms. The number of rotatable bonds is 6. The maximum absolute atomic E-state index is 13.1. The minimum Gasteiger partial charge on any atom is -0.496 e. The molecule has 0 amide bonds. The van der Waals surface area contributed by atoms with E-state index in [1.807, 2.05) is 75.7 Å².